The third kappa shape index (κ3) is 5.05. The zero-order valence-corrected chi connectivity index (χ0v) is 28.8. The zero-order valence-electron chi connectivity index (χ0n) is 27.9. The molecule has 0 aliphatic heterocycles. The minimum Gasteiger partial charge on any atom is -0.310 e. The van der Waals surface area contributed by atoms with Crippen LogP contribution in [-0.4, -0.2) is 9.55 Å². The Morgan fingerprint density at radius 3 is 1.81 bits per heavy atom. The SMILES string of the molecule is Fc1cccnc1-n1c2ccccc2c2cc(-c3ccc(N(c4ccc(-c5ccccc5)cc4)c4ccc5c(c4)sc4ccccc45)cc3)ccc21. The highest BCUT2D eigenvalue weighted by Crippen LogP contribution is 2.42. The Morgan fingerprint density at radius 2 is 1.04 bits per heavy atom. The second-order valence-corrected chi connectivity index (χ2v) is 14.1. The number of anilines is 3. The van der Waals surface area contributed by atoms with Crippen LogP contribution in [0.15, 0.2) is 182 Å². The molecule has 0 spiro atoms. The quantitative estimate of drug-likeness (QED) is 0.173. The normalized spacial score (nSPS) is 11.6. The highest BCUT2D eigenvalue weighted by Gasteiger charge is 2.18. The van der Waals surface area contributed by atoms with Crippen molar-refractivity contribution >= 4 is 70.4 Å². The van der Waals surface area contributed by atoms with E-state index < -0.39 is 0 Å². The van der Waals surface area contributed by atoms with E-state index in [-0.39, 0.29) is 5.82 Å². The van der Waals surface area contributed by atoms with Gasteiger partial charge in [0, 0.05) is 54.2 Å². The molecule has 0 unspecified atom stereocenters. The summed E-state index contributed by atoms with van der Waals surface area (Å²) in [5.74, 6) is -0.0490. The molecule has 0 aliphatic rings. The Morgan fingerprint density at radius 1 is 0.442 bits per heavy atom. The van der Waals surface area contributed by atoms with Crippen molar-refractivity contribution in [3.63, 3.8) is 0 Å². The van der Waals surface area contributed by atoms with Gasteiger partial charge in [0.25, 0.3) is 0 Å². The molecule has 246 valence electrons. The van der Waals surface area contributed by atoms with Crippen LogP contribution < -0.4 is 4.90 Å². The lowest BCUT2D eigenvalue weighted by molar-refractivity contribution is 0.613. The van der Waals surface area contributed by atoms with Crippen LogP contribution >= 0.6 is 11.3 Å². The van der Waals surface area contributed by atoms with E-state index in [1.165, 1.54) is 37.4 Å². The minimum atomic E-state index is -0.351. The van der Waals surface area contributed by atoms with Crippen LogP contribution in [0, 0.1) is 5.82 Å². The Bertz CT molecular complexity index is 2910. The largest absolute Gasteiger partial charge is 0.310 e. The van der Waals surface area contributed by atoms with Crippen molar-refractivity contribution in [2.75, 3.05) is 4.90 Å². The fourth-order valence-electron chi connectivity index (χ4n) is 7.46. The Labute approximate surface area is 304 Å². The first-order valence-electron chi connectivity index (χ1n) is 17.3. The zero-order chi connectivity index (χ0) is 34.6. The van der Waals surface area contributed by atoms with Crippen LogP contribution in [0.2, 0.25) is 0 Å². The van der Waals surface area contributed by atoms with E-state index in [9.17, 15) is 0 Å². The van der Waals surface area contributed by atoms with Crippen LogP contribution in [0.1, 0.15) is 0 Å². The predicted molar refractivity (Wildman–Crippen MR) is 217 cm³/mol. The van der Waals surface area contributed by atoms with Crippen LogP contribution in [0.3, 0.4) is 0 Å². The molecule has 5 heteroatoms. The van der Waals surface area contributed by atoms with E-state index >= 15 is 4.39 Å². The number of rotatable bonds is 6. The Balaban J connectivity index is 1.07. The second kappa shape index (κ2) is 12.3. The molecule has 0 fully saturated rings. The van der Waals surface area contributed by atoms with Gasteiger partial charge in [-0.1, -0.05) is 103 Å². The molecular weight excluding hydrogens is 658 g/mol. The molecule has 3 nitrogen and oxygen atoms in total. The summed E-state index contributed by atoms with van der Waals surface area (Å²) in [4.78, 5) is 6.74. The van der Waals surface area contributed by atoms with Gasteiger partial charge in [0.15, 0.2) is 11.6 Å². The molecule has 0 amide bonds. The van der Waals surface area contributed by atoms with Gasteiger partial charge in [0.2, 0.25) is 0 Å². The van der Waals surface area contributed by atoms with E-state index in [1.807, 2.05) is 40.2 Å². The number of halogens is 1. The second-order valence-electron chi connectivity index (χ2n) is 13.0. The third-order valence-electron chi connectivity index (χ3n) is 9.94. The summed E-state index contributed by atoms with van der Waals surface area (Å²) >= 11 is 1.83. The van der Waals surface area contributed by atoms with Crippen molar-refractivity contribution in [3.8, 4) is 28.1 Å². The molecule has 0 atom stereocenters. The predicted octanol–water partition coefficient (Wildman–Crippen LogP) is 13.5. The van der Waals surface area contributed by atoms with E-state index in [0.717, 1.165) is 50.0 Å². The number of fused-ring (bicyclic) bond motifs is 6. The van der Waals surface area contributed by atoms with Crippen molar-refractivity contribution in [2.24, 2.45) is 0 Å². The van der Waals surface area contributed by atoms with Gasteiger partial charge in [-0.3, -0.25) is 4.57 Å². The number of nitrogens with zero attached hydrogens (tertiary/aromatic N) is 3. The number of pyridine rings is 1. The molecule has 0 N–H and O–H groups in total. The first-order valence-corrected chi connectivity index (χ1v) is 18.1. The summed E-state index contributed by atoms with van der Waals surface area (Å²) in [5.41, 5.74) is 9.68. The smallest absolute Gasteiger partial charge is 0.174 e. The first kappa shape index (κ1) is 30.3. The average molecular weight is 688 g/mol. The van der Waals surface area contributed by atoms with Crippen molar-refractivity contribution in [2.45, 2.75) is 0 Å². The van der Waals surface area contributed by atoms with Gasteiger partial charge in [-0.2, -0.15) is 0 Å². The lowest BCUT2D eigenvalue weighted by Gasteiger charge is -2.26. The van der Waals surface area contributed by atoms with Gasteiger partial charge < -0.3 is 4.90 Å². The van der Waals surface area contributed by atoms with Gasteiger partial charge >= 0.3 is 0 Å². The number of para-hydroxylation sites is 1. The summed E-state index contributed by atoms with van der Waals surface area (Å²) < 4.78 is 19.5. The molecule has 10 aromatic rings. The summed E-state index contributed by atoms with van der Waals surface area (Å²) in [7, 11) is 0. The van der Waals surface area contributed by atoms with E-state index in [4.69, 9.17) is 0 Å². The highest BCUT2D eigenvalue weighted by molar-refractivity contribution is 7.25. The fourth-order valence-corrected chi connectivity index (χ4v) is 8.60. The van der Waals surface area contributed by atoms with Crippen LogP contribution in [0.25, 0.3) is 70.0 Å². The number of hydrogen-bond acceptors (Lipinski definition) is 3. The molecule has 3 heterocycles. The van der Waals surface area contributed by atoms with Crippen molar-refractivity contribution in [1.82, 2.24) is 9.55 Å². The molecule has 10 rings (SSSR count). The number of benzene rings is 7. The summed E-state index contributed by atoms with van der Waals surface area (Å²) in [6, 6.07) is 61.1. The van der Waals surface area contributed by atoms with Crippen molar-refractivity contribution < 1.29 is 4.39 Å². The topological polar surface area (TPSA) is 21.1 Å². The maximum Gasteiger partial charge on any atom is 0.174 e. The van der Waals surface area contributed by atoms with Crippen LogP contribution in [-0.2, 0) is 0 Å². The van der Waals surface area contributed by atoms with Crippen molar-refractivity contribution in [1.29, 1.82) is 0 Å². The minimum absolute atomic E-state index is 0.302. The number of thiophene rings is 1. The number of aromatic nitrogens is 2. The van der Waals surface area contributed by atoms with Gasteiger partial charge in [-0.25, -0.2) is 9.37 Å². The fraction of sp³-hybridized carbons (Fsp3) is 0. The van der Waals surface area contributed by atoms with Gasteiger partial charge in [0.05, 0.1) is 11.0 Å². The molecule has 0 saturated heterocycles. The summed E-state index contributed by atoms with van der Waals surface area (Å²) in [6.45, 7) is 0. The molecular formula is C47H30FN3S. The molecule has 7 aromatic carbocycles. The Kier molecular flexibility index (Phi) is 7.18. The standard InChI is InChI=1S/C47H30FN3S/c48-42-13-8-28-49-47(42)51-43-14-6-4-11-38(43)41-29-34(20-27-44(41)51)33-18-23-36(24-19-33)50(35-21-16-32(17-22-35)31-9-2-1-3-10-31)37-25-26-40-39-12-5-7-15-45(39)52-46(40)30-37/h1-30H. The maximum atomic E-state index is 15.0. The molecule has 0 saturated carbocycles. The maximum absolute atomic E-state index is 15.0. The average Bonchev–Trinajstić information content (AvgIpc) is 3.74. The summed E-state index contributed by atoms with van der Waals surface area (Å²) in [5, 5.41) is 4.69. The van der Waals surface area contributed by atoms with Gasteiger partial charge in [-0.15, -0.1) is 11.3 Å². The van der Waals surface area contributed by atoms with E-state index in [1.54, 1.807) is 12.3 Å². The molecule has 0 radical (unpaired) electrons. The number of hydrogen-bond donors (Lipinski definition) is 0. The Hall–Kier alpha value is -6.56. The lowest BCUT2D eigenvalue weighted by atomic mass is 10.0. The van der Waals surface area contributed by atoms with Crippen molar-refractivity contribution in [3.05, 3.63) is 188 Å². The molecule has 0 aliphatic carbocycles. The molecule has 0 bridgehead atoms. The van der Waals surface area contributed by atoms with Gasteiger partial charge in [-0.05, 0) is 95.1 Å². The molecule has 52 heavy (non-hydrogen) atoms. The molecule has 3 aromatic heterocycles. The highest BCUT2D eigenvalue weighted by atomic mass is 32.1. The third-order valence-corrected chi connectivity index (χ3v) is 11.1. The first-order chi connectivity index (χ1) is 25.7. The lowest BCUT2D eigenvalue weighted by Crippen LogP contribution is -2.09. The van der Waals surface area contributed by atoms with E-state index in [0.29, 0.717) is 5.82 Å². The van der Waals surface area contributed by atoms with E-state index in [2.05, 4.69) is 149 Å². The van der Waals surface area contributed by atoms with Crippen LogP contribution in [0.4, 0.5) is 21.5 Å². The summed E-state index contributed by atoms with van der Waals surface area (Å²) in [6.07, 6.45) is 1.64. The van der Waals surface area contributed by atoms with Crippen LogP contribution in [0.5, 0.6) is 0 Å². The van der Waals surface area contributed by atoms with Gasteiger partial charge in [0.1, 0.15) is 0 Å². The monoisotopic (exact) mass is 687 g/mol.